The number of nitrogens with zero attached hydrogens (tertiary/aromatic N) is 4. The SMILES string of the molecule is CN(C)S(=O)(=O)c1ccc(-c2nnc(C(=O)N3CCC(Cc4ccccc4)CC3)o2)cc1. The largest absolute Gasteiger partial charge is 0.412 e. The van der Waals surface area contributed by atoms with E-state index in [1.807, 2.05) is 6.07 Å². The third kappa shape index (κ3) is 4.73. The lowest BCUT2D eigenvalue weighted by molar-refractivity contribution is 0.0651. The Balaban J connectivity index is 1.38. The Morgan fingerprint density at radius 3 is 2.31 bits per heavy atom. The summed E-state index contributed by atoms with van der Waals surface area (Å²) in [4.78, 5) is 14.7. The normalized spacial score (nSPS) is 15.3. The molecule has 1 amide bonds. The summed E-state index contributed by atoms with van der Waals surface area (Å²) in [6.07, 6.45) is 2.89. The average molecular weight is 455 g/mol. The zero-order valence-electron chi connectivity index (χ0n) is 18.1. The summed E-state index contributed by atoms with van der Waals surface area (Å²) in [5.41, 5.74) is 1.87. The summed E-state index contributed by atoms with van der Waals surface area (Å²) in [5, 5.41) is 7.90. The van der Waals surface area contributed by atoms with Crippen molar-refractivity contribution in [3.63, 3.8) is 0 Å². The van der Waals surface area contributed by atoms with Crippen LogP contribution in [0.3, 0.4) is 0 Å². The van der Waals surface area contributed by atoms with Gasteiger partial charge in [-0.25, -0.2) is 12.7 Å². The molecule has 1 fully saturated rings. The van der Waals surface area contributed by atoms with Crippen LogP contribution in [0.5, 0.6) is 0 Å². The average Bonchev–Trinajstić information content (AvgIpc) is 3.30. The third-order valence-electron chi connectivity index (χ3n) is 5.76. The van der Waals surface area contributed by atoms with Crippen molar-refractivity contribution in [3.8, 4) is 11.5 Å². The first-order valence-electron chi connectivity index (χ1n) is 10.5. The number of sulfonamides is 1. The Bertz CT molecular complexity index is 1170. The second kappa shape index (κ2) is 9.22. The molecule has 0 aliphatic carbocycles. The molecular weight excluding hydrogens is 428 g/mol. The predicted molar refractivity (Wildman–Crippen MR) is 119 cm³/mol. The molecule has 1 saturated heterocycles. The molecule has 168 valence electrons. The number of carbonyl (C=O) groups is 1. The molecule has 2 heterocycles. The second-order valence-corrected chi connectivity index (χ2v) is 10.3. The summed E-state index contributed by atoms with van der Waals surface area (Å²) >= 11 is 0. The van der Waals surface area contributed by atoms with Crippen LogP contribution in [-0.4, -0.2) is 60.9 Å². The molecule has 1 aromatic heterocycles. The van der Waals surface area contributed by atoms with Crippen LogP contribution in [0, 0.1) is 5.92 Å². The van der Waals surface area contributed by atoms with Gasteiger partial charge in [0.15, 0.2) is 0 Å². The monoisotopic (exact) mass is 454 g/mol. The van der Waals surface area contributed by atoms with Crippen molar-refractivity contribution in [3.05, 3.63) is 66.1 Å². The minimum atomic E-state index is -3.52. The van der Waals surface area contributed by atoms with Crippen molar-refractivity contribution >= 4 is 15.9 Å². The first-order chi connectivity index (χ1) is 15.3. The number of likely N-dealkylation sites (tertiary alicyclic amines) is 1. The fourth-order valence-corrected chi connectivity index (χ4v) is 4.73. The van der Waals surface area contributed by atoms with E-state index in [-0.39, 0.29) is 22.6 Å². The minimum Gasteiger partial charge on any atom is -0.412 e. The summed E-state index contributed by atoms with van der Waals surface area (Å²) in [5.74, 6) is 0.415. The molecule has 4 rings (SSSR count). The van der Waals surface area contributed by atoms with E-state index in [1.54, 1.807) is 17.0 Å². The maximum absolute atomic E-state index is 12.8. The summed E-state index contributed by atoms with van der Waals surface area (Å²) in [7, 11) is -0.566. The van der Waals surface area contributed by atoms with E-state index in [2.05, 4.69) is 34.5 Å². The van der Waals surface area contributed by atoms with Gasteiger partial charge < -0.3 is 9.32 Å². The number of aromatic nitrogens is 2. The maximum atomic E-state index is 12.8. The molecule has 1 aliphatic heterocycles. The van der Waals surface area contributed by atoms with E-state index in [0.29, 0.717) is 24.6 Å². The van der Waals surface area contributed by atoms with Gasteiger partial charge in [-0.15, -0.1) is 10.2 Å². The van der Waals surface area contributed by atoms with Crippen LogP contribution in [0.4, 0.5) is 0 Å². The predicted octanol–water partition coefficient (Wildman–Crippen LogP) is 3.08. The van der Waals surface area contributed by atoms with E-state index in [1.165, 1.54) is 31.8 Å². The Labute approximate surface area is 187 Å². The van der Waals surface area contributed by atoms with E-state index in [4.69, 9.17) is 4.42 Å². The van der Waals surface area contributed by atoms with E-state index < -0.39 is 10.0 Å². The Kier molecular flexibility index (Phi) is 6.38. The fourth-order valence-electron chi connectivity index (χ4n) is 3.83. The van der Waals surface area contributed by atoms with Gasteiger partial charge in [0.2, 0.25) is 15.9 Å². The molecule has 1 aliphatic rings. The molecule has 8 nitrogen and oxygen atoms in total. The lowest BCUT2D eigenvalue weighted by Gasteiger charge is -2.31. The summed E-state index contributed by atoms with van der Waals surface area (Å²) in [6, 6.07) is 16.5. The highest BCUT2D eigenvalue weighted by molar-refractivity contribution is 7.89. The van der Waals surface area contributed by atoms with E-state index in [9.17, 15) is 13.2 Å². The first kappa shape index (κ1) is 22.2. The molecule has 2 aromatic carbocycles. The maximum Gasteiger partial charge on any atom is 0.311 e. The van der Waals surface area contributed by atoms with Gasteiger partial charge >= 0.3 is 11.8 Å². The van der Waals surface area contributed by atoms with Gasteiger partial charge in [-0.05, 0) is 55.0 Å². The van der Waals surface area contributed by atoms with Crippen LogP contribution in [0.2, 0.25) is 0 Å². The van der Waals surface area contributed by atoms with Gasteiger partial charge in [-0.3, -0.25) is 4.79 Å². The quantitative estimate of drug-likeness (QED) is 0.568. The second-order valence-electron chi connectivity index (χ2n) is 8.15. The van der Waals surface area contributed by atoms with Crippen LogP contribution in [0.15, 0.2) is 63.9 Å². The molecule has 0 spiro atoms. The van der Waals surface area contributed by atoms with E-state index in [0.717, 1.165) is 23.6 Å². The number of hydrogen-bond acceptors (Lipinski definition) is 6. The Morgan fingerprint density at radius 2 is 1.69 bits per heavy atom. The number of carbonyl (C=O) groups excluding carboxylic acids is 1. The van der Waals surface area contributed by atoms with Crippen molar-refractivity contribution in [2.45, 2.75) is 24.2 Å². The molecule has 0 atom stereocenters. The lowest BCUT2D eigenvalue weighted by Crippen LogP contribution is -2.39. The molecule has 0 radical (unpaired) electrons. The van der Waals surface area contributed by atoms with Crippen molar-refractivity contribution < 1.29 is 17.6 Å². The highest BCUT2D eigenvalue weighted by Crippen LogP contribution is 2.25. The molecule has 0 N–H and O–H groups in total. The van der Waals surface area contributed by atoms with Crippen molar-refractivity contribution in [1.29, 1.82) is 0 Å². The van der Waals surface area contributed by atoms with Gasteiger partial charge in [0.25, 0.3) is 0 Å². The van der Waals surface area contributed by atoms with Crippen LogP contribution >= 0.6 is 0 Å². The summed E-state index contributed by atoms with van der Waals surface area (Å²) in [6.45, 7) is 1.32. The first-order valence-corrected chi connectivity index (χ1v) is 12.0. The fraction of sp³-hybridized carbons (Fsp3) is 0.348. The lowest BCUT2D eigenvalue weighted by atomic mass is 9.90. The van der Waals surface area contributed by atoms with Crippen LogP contribution in [0.25, 0.3) is 11.5 Å². The molecule has 0 unspecified atom stereocenters. The van der Waals surface area contributed by atoms with Gasteiger partial charge in [0, 0.05) is 32.7 Å². The van der Waals surface area contributed by atoms with Gasteiger partial charge in [-0.2, -0.15) is 0 Å². The van der Waals surface area contributed by atoms with Crippen molar-refractivity contribution in [1.82, 2.24) is 19.4 Å². The standard InChI is InChI=1S/C23H26N4O4S/c1-26(2)32(29,30)20-10-8-19(9-11-20)21-24-25-22(31-21)23(28)27-14-12-18(13-15-27)16-17-6-4-3-5-7-17/h3-11,18H,12-16H2,1-2H3. The Hall–Kier alpha value is -3.04. The van der Waals surface area contributed by atoms with Crippen molar-refractivity contribution in [2.75, 3.05) is 27.2 Å². The smallest absolute Gasteiger partial charge is 0.311 e. The molecule has 9 heteroatoms. The highest BCUT2D eigenvalue weighted by Gasteiger charge is 2.27. The van der Waals surface area contributed by atoms with Gasteiger partial charge in [0.1, 0.15) is 0 Å². The molecule has 0 saturated carbocycles. The van der Waals surface area contributed by atoms with Crippen LogP contribution in [0.1, 0.15) is 29.1 Å². The highest BCUT2D eigenvalue weighted by atomic mass is 32.2. The number of benzene rings is 2. The number of amides is 1. The van der Waals surface area contributed by atoms with Crippen LogP contribution < -0.4 is 0 Å². The minimum absolute atomic E-state index is 0.0495. The van der Waals surface area contributed by atoms with Crippen LogP contribution in [-0.2, 0) is 16.4 Å². The number of hydrogen-bond donors (Lipinski definition) is 0. The van der Waals surface area contributed by atoms with Gasteiger partial charge in [0.05, 0.1) is 4.90 Å². The molecular formula is C23H26N4O4S. The molecule has 0 bridgehead atoms. The van der Waals surface area contributed by atoms with E-state index >= 15 is 0 Å². The molecule has 3 aromatic rings. The Morgan fingerprint density at radius 1 is 1.03 bits per heavy atom. The number of piperidine rings is 1. The molecule has 32 heavy (non-hydrogen) atoms. The topological polar surface area (TPSA) is 96.6 Å². The zero-order chi connectivity index (χ0) is 22.7. The number of rotatable bonds is 6. The van der Waals surface area contributed by atoms with Crippen molar-refractivity contribution in [2.24, 2.45) is 5.92 Å². The zero-order valence-corrected chi connectivity index (χ0v) is 19.0. The van der Waals surface area contributed by atoms with Gasteiger partial charge in [-0.1, -0.05) is 30.3 Å². The summed E-state index contributed by atoms with van der Waals surface area (Å²) < 4.78 is 31.2. The third-order valence-corrected chi connectivity index (χ3v) is 7.59.